The average Bonchev–Trinajstić information content (AvgIpc) is 2.88. The molecule has 2 aromatic carbocycles. The molecule has 3 rings (SSSR count). The molecule has 23 heavy (non-hydrogen) atoms. The lowest BCUT2D eigenvalue weighted by molar-refractivity contribution is 0.601. The largest absolute Gasteiger partial charge is 0.263 e. The summed E-state index contributed by atoms with van der Waals surface area (Å²) in [5.41, 5.74) is 0.923. The second kappa shape index (κ2) is 6.31. The molecule has 7 heteroatoms. The highest BCUT2D eigenvalue weighted by Crippen LogP contribution is 2.34. The monoisotopic (exact) mass is 364 g/mol. The van der Waals surface area contributed by atoms with Gasteiger partial charge in [0.25, 0.3) is 10.0 Å². The number of aryl methyl sites for hydroxylation is 1. The lowest BCUT2D eigenvalue weighted by atomic mass is 10.2. The van der Waals surface area contributed by atoms with E-state index in [1.807, 2.05) is 37.3 Å². The zero-order valence-electron chi connectivity index (χ0n) is 12.2. The number of hydrogen-bond donors (Lipinski definition) is 1. The molecule has 0 radical (unpaired) electrons. The molecule has 0 aliphatic carbocycles. The molecule has 0 saturated heterocycles. The lowest BCUT2D eigenvalue weighted by Gasteiger charge is -2.08. The van der Waals surface area contributed by atoms with Gasteiger partial charge in [0.15, 0.2) is 5.82 Å². The third-order valence-corrected chi connectivity index (χ3v) is 5.75. The van der Waals surface area contributed by atoms with Crippen LogP contribution in [0.5, 0.6) is 0 Å². The number of thiazole rings is 1. The van der Waals surface area contributed by atoms with Crippen molar-refractivity contribution in [3.8, 4) is 10.4 Å². The van der Waals surface area contributed by atoms with Gasteiger partial charge < -0.3 is 0 Å². The smallest absolute Gasteiger partial charge is 0.262 e. The fraction of sp³-hybridized carbons (Fsp3) is 0.0625. The van der Waals surface area contributed by atoms with Crippen LogP contribution in [0.4, 0.5) is 5.82 Å². The molecule has 0 spiro atoms. The molecule has 0 bridgehead atoms. The standard InChI is InChI=1S/C16H13ClN2O2S2/c1-11-18-16(15(22-11)12-5-3-2-4-6-12)19-23(20,21)14-9-7-13(17)8-10-14/h2-10,19H,1H3. The summed E-state index contributed by atoms with van der Waals surface area (Å²) in [5, 5.41) is 1.27. The first-order chi connectivity index (χ1) is 11.0. The van der Waals surface area contributed by atoms with Crippen LogP contribution >= 0.6 is 22.9 Å². The van der Waals surface area contributed by atoms with Crippen molar-refractivity contribution >= 4 is 38.8 Å². The second-order valence-electron chi connectivity index (χ2n) is 4.84. The molecule has 0 aliphatic heterocycles. The maximum absolute atomic E-state index is 12.5. The Kier molecular flexibility index (Phi) is 4.39. The first-order valence-corrected chi connectivity index (χ1v) is 9.45. The zero-order chi connectivity index (χ0) is 16.4. The van der Waals surface area contributed by atoms with Gasteiger partial charge in [0.05, 0.1) is 14.8 Å². The van der Waals surface area contributed by atoms with Crippen LogP contribution in [0.2, 0.25) is 5.02 Å². The summed E-state index contributed by atoms with van der Waals surface area (Å²) in [5.74, 6) is 0.341. The van der Waals surface area contributed by atoms with E-state index in [0.717, 1.165) is 15.4 Å². The van der Waals surface area contributed by atoms with Gasteiger partial charge in [0.1, 0.15) is 0 Å². The van der Waals surface area contributed by atoms with Crippen molar-refractivity contribution in [3.63, 3.8) is 0 Å². The van der Waals surface area contributed by atoms with E-state index in [1.54, 1.807) is 12.1 Å². The quantitative estimate of drug-likeness (QED) is 0.737. The van der Waals surface area contributed by atoms with Crippen LogP contribution in [0.15, 0.2) is 59.5 Å². The Morgan fingerprint density at radius 1 is 1.04 bits per heavy atom. The van der Waals surface area contributed by atoms with Gasteiger partial charge in [0, 0.05) is 5.02 Å². The highest BCUT2D eigenvalue weighted by atomic mass is 35.5. The number of aromatic nitrogens is 1. The van der Waals surface area contributed by atoms with Gasteiger partial charge in [-0.2, -0.15) is 0 Å². The van der Waals surface area contributed by atoms with Crippen molar-refractivity contribution in [2.45, 2.75) is 11.8 Å². The Morgan fingerprint density at radius 2 is 1.70 bits per heavy atom. The molecule has 0 atom stereocenters. The van der Waals surface area contributed by atoms with Gasteiger partial charge in [-0.25, -0.2) is 13.4 Å². The van der Waals surface area contributed by atoms with E-state index >= 15 is 0 Å². The van der Waals surface area contributed by atoms with Crippen LogP contribution in [-0.4, -0.2) is 13.4 Å². The van der Waals surface area contributed by atoms with Crippen LogP contribution in [0.25, 0.3) is 10.4 Å². The van der Waals surface area contributed by atoms with Crippen LogP contribution in [-0.2, 0) is 10.0 Å². The summed E-state index contributed by atoms with van der Waals surface area (Å²) in [4.78, 5) is 5.25. The molecule has 1 N–H and O–H groups in total. The van der Waals surface area contributed by atoms with Gasteiger partial charge in [-0.3, -0.25) is 4.72 Å². The summed E-state index contributed by atoms with van der Waals surface area (Å²) in [6.07, 6.45) is 0. The number of nitrogens with one attached hydrogen (secondary N) is 1. The number of benzene rings is 2. The average molecular weight is 365 g/mol. The highest BCUT2D eigenvalue weighted by Gasteiger charge is 2.19. The van der Waals surface area contributed by atoms with Crippen LogP contribution in [0.1, 0.15) is 5.01 Å². The molecule has 118 valence electrons. The Labute approximate surface area is 143 Å². The molecular formula is C16H13ClN2O2S2. The predicted molar refractivity (Wildman–Crippen MR) is 94.5 cm³/mol. The highest BCUT2D eigenvalue weighted by molar-refractivity contribution is 7.92. The van der Waals surface area contributed by atoms with Gasteiger partial charge in [-0.15, -0.1) is 11.3 Å². The van der Waals surface area contributed by atoms with Gasteiger partial charge >= 0.3 is 0 Å². The van der Waals surface area contributed by atoms with Crippen molar-refractivity contribution in [1.82, 2.24) is 4.98 Å². The van der Waals surface area contributed by atoms with Crippen LogP contribution < -0.4 is 4.72 Å². The minimum atomic E-state index is -3.71. The normalized spacial score (nSPS) is 11.4. The number of sulfonamides is 1. The van der Waals surface area contributed by atoms with Gasteiger partial charge in [0.2, 0.25) is 0 Å². The number of anilines is 1. The Bertz CT molecular complexity index is 920. The summed E-state index contributed by atoms with van der Waals surface area (Å²) in [7, 11) is -3.71. The second-order valence-corrected chi connectivity index (χ2v) is 8.16. The van der Waals surface area contributed by atoms with Crippen molar-refractivity contribution in [2.24, 2.45) is 0 Å². The molecule has 3 aromatic rings. The fourth-order valence-electron chi connectivity index (χ4n) is 2.08. The third-order valence-electron chi connectivity index (χ3n) is 3.13. The topological polar surface area (TPSA) is 59.1 Å². The van der Waals surface area contributed by atoms with E-state index in [-0.39, 0.29) is 4.90 Å². The minimum absolute atomic E-state index is 0.145. The third kappa shape index (κ3) is 3.55. The molecule has 0 fully saturated rings. The Hall–Kier alpha value is -1.89. The molecule has 0 amide bonds. The number of halogens is 1. The van der Waals surface area contributed by atoms with Crippen molar-refractivity contribution in [2.75, 3.05) is 4.72 Å². The van der Waals surface area contributed by atoms with E-state index in [0.29, 0.717) is 10.8 Å². The van der Waals surface area contributed by atoms with E-state index in [2.05, 4.69) is 9.71 Å². The number of nitrogens with zero attached hydrogens (tertiary/aromatic N) is 1. The summed E-state index contributed by atoms with van der Waals surface area (Å²) < 4.78 is 27.6. The molecule has 1 aromatic heterocycles. The van der Waals surface area contributed by atoms with E-state index < -0.39 is 10.0 Å². The van der Waals surface area contributed by atoms with Crippen molar-refractivity contribution < 1.29 is 8.42 Å². The first-order valence-electron chi connectivity index (χ1n) is 6.77. The van der Waals surface area contributed by atoms with Crippen LogP contribution in [0.3, 0.4) is 0 Å². The zero-order valence-corrected chi connectivity index (χ0v) is 14.5. The first kappa shape index (κ1) is 16.0. The molecule has 4 nitrogen and oxygen atoms in total. The lowest BCUT2D eigenvalue weighted by Crippen LogP contribution is -2.13. The fourth-order valence-corrected chi connectivity index (χ4v) is 4.17. The molecule has 1 heterocycles. The SMILES string of the molecule is Cc1nc(NS(=O)(=O)c2ccc(Cl)cc2)c(-c2ccccc2)s1. The molecule has 0 aliphatic rings. The predicted octanol–water partition coefficient (Wildman–Crippen LogP) is 4.57. The van der Waals surface area contributed by atoms with Crippen molar-refractivity contribution in [1.29, 1.82) is 0 Å². The van der Waals surface area contributed by atoms with E-state index in [9.17, 15) is 8.42 Å². The summed E-state index contributed by atoms with van der Waals surface area (Å²) in [6, 6.07) is 15.6. The Balaban J connectivity index is 1.99. The van der Waals surface area contributed by atoms with E-state index in [4.69, 9.17) is 11.6 Å². The van der Waals surface area contributed by atoms with E-state index in [1.165, 1.54) is 23.5 Å². The minimum Gasteiger partial charge on any atom is -0.262 e. The summed E-state index contributed by atoms with van der Waals surface area (Å²) in [6.45, 7) is 1.84. The number of hydrogen-bond acceptors (Lipinski definition) is 4. The van der Waals surface area contributed by atoms with Gasteiger partial charge in [-0.1, -0.05) is 41.9 Å². The molecule has 0 unspecified atom stereocenters. The summed E-state index contributed by atoms with van der Waals surface area (Å²) >= 11 is 7.25. The number of rotatable bonds is 4. The Morgan fingerprint density at radius 3 is 2.35 bits per heavy atom. The van der Waals surface area contributed by atoms with Crippen LogP contribution in [0, 0.1) is 6.92 Å². The van der Waals surface area contributed by atoms with Gasteiger partial charge in [-0.05, 0) is 36.8 Å². The maximum Gasteiger partial charge on any atom is 0.263 e. The maximum atomic E-state index is 12.5. The molecular weight excluding hydrogens is 352 g/mol. The van der Waals surface area contributed by atoms with Crippen molar-refractivity contribution in [3.05, 3.63) is 64.6 Å². The molecule has 0 saturated carbocycles.